The van der Waals surface area contributed by atoms with Gasteiger partial charge in [0.05, 0.1) is 35.5 Å². The smallest absolute Gasteiger partial charge is 0.310 e. The molecule has 1 fully saturated rings. The summed E-state index contributed by atoms with van der Waals surface area (Å²) in [5, 5.41) is 14.2. The second-order valence-electron chi connectivity index (χ2n) is 5.15. The molecule has 0 amide bonds. The molecule has 1 aliphatic rings. The molecular weight excluding hydrogens is 282 g/mol. The van der Waals surface area contributed by atoms with E-state index in [-0.39, 0.29) is 12.6 Å². The minimum absolute atomic E-state index is 0.136. The SMILES string of the molecule is CCc1nn(C)c(CN(C)C2COCC2C(=O)O)c1Cl. The van der Waals surface area contributed by atoms with Crippen LogP contribution in [-0.4, -0.2) is 52.1 Å². The number of aliphatic carboxylic acids is 1. The first-order valence-electron chi connectivity index (χ1n) is 6.66. The van der Waals surface area contributed by atoms with Crippen LogP contribution in [0.15, 0.2) is 0 Å². The molecule has 0 radical (unpaired) electrons. The van der Waals surface area contributed by atoms with Crippen molar-refractivity contribution in [3.63, 3.8) is 0 Å². The molecule has 0 bridgehead atoms. The number of aromatic nitrogens is 2. The van der Waals surface area contributed by atoms with Gasteiger partial charge in [0.1, 0.15) is 0 Å². The van der Waals surface area contributed by atoms with Gasteiger partial charge in [-0.2, -0.15) is 5.10 Å². The van der Waals surface area contributed by atoms with Gasteiger partial charge in [-0.25, -0.2) is 0 Å². The quantitative estimate of drug-likeness (QED) is 0.884. The van der Waals surface area contributed by atoms with Crippen molar-refractivity contribution in [1.29, 1.82) is 0 Å². The lowest BCUT2D eigenvalue weighted by Gasteiger charge is -2.26. The average molecular weight is 302 g/mol. The van der Waals surface area contributed by atoms with Crippen LogP contribution in [0.4, 0.5) is 0 Å². The first kappa shape index (κ1) is 15.3. The van der Waals surface area contributed by atoms with Crippen LogP contribution in [0.1, 0.15) is 18.3 Å². The molecule has 2 unspecified atom stereocenters. The lowest BCUT2D eigenvalue weighted by Crippen LogP contribution is -2.40. The molecule has 0 aromatic carbocycles. The number of hydrogen-bond acceptors (Lipinski definition) is 4. The molecule has 1 saturated heterocycles. The highest BCUT2D eigenvalue weighted by Crippen LogP contribution is 2.25. The summed E-state index contributed by atoms with van der Waals surface area (Å²) in [4.78, 5) is 13.2. The van der Waals surface area contributed by atoms with E-state index in [1.165, 1.54) is 0 Å². The molecule has 6 nitrogen and oxygen atoms in total. The third-order valence-corrected chi connectivity index (χ3v) is 4.27. The molecule has 1 aromatic rings. The Morgan fingerprint density at radius 2 is 2.30 bits per heavy atom. The van der Waals surface area contributed by atoms with E-state index in [0.29, 0.717) is 18.2 Å². The van der Waals surface area contributed by atoms with Gasteiger partial charge in [0, 0.05) is 19.6 Å². The van der Waals surface area contributed by atoms with E-state index in [1.807, 2.05) is 25.9 Å². The van der Waals surface area contributed by atoms with Crippen LogP contribution in [-0.2, 0) is 29.5 Å². The Bertz CT molecular complexity index is 503. The van der Waals surface area contributed by atoms with Gasteiger partial charge in [0.2, 0.25) is 0 Å². The fraction of sp³-hybridized carbons (Fsp3) is 0.692. The largest absolute Gasteiger partial charge is 0.481 e. The standard InChI is InChI=1S/C13H20ClN3O3/c1-4-9-12(14)10(17(3)15-9)5-16(2)11-7-20-6-8(11)13(18)19/h8,11H,4-7H2,1-3H3,(H,18,19). The molecule has 20 heavy (non-hydrogen) atoms. The monoisotopic (exact) mass is 301 g/mol. The molecule has 1 aromatic heterocycles. The van der Waals surface area contributed by atoms with Gasteiger partial charge < -0.3 is 9.84 Å². The number of rotatable bonds is 5. The van der Waals surface area contributed by atoms with Crippen LogP contribution in [0.25, 0.3) is 0 Å². The number of halogens is 1. The van der Waals surface area contributed by atoms with Gasteiger partial charge in [0.25, 0.3) is 0 Å². The van der Waals surface area contributed by atoms with Gasteiger partial charge >= 0.3 is 5.97 Å². The van der Waals surface area contributed by atoms with Crippen molar-refractivity contribution in [1.82, 2.24) is 14.7 Å². The fourth-order valence-electron chi connectivity index (χ4n) is 2.56. The number of carboxylic acid groups (broad SMARTS) is 1. The Balaban J connectivity index is 2.13. The molecule has 0 aliphatic carbocycles. The predicted molar refractivity (Wildman–Crippen MR) is 74.8 cm³/mol. The number of aryl methyl sites for hydroxylation is 2. The van der Waals surface area contributed by atoms with Crippen LogP contribution in [0.5, 0.6) is 0 Å². The van der Waals surface area contributed by atoms with Gasteiger partial charge in [-0.15, -0.1) is 0 Å². The van der Waals surface area contributed by atoms with E-state index in [9.17, 15) is 9.90 Å². The Hall–Kier alpha value is -1.11. The molecule has 2 atom stereocenters. The zero-order valence-corrected chi connectivity index (χ0v) is 12.7. The molecule has 1 aliphatic heterocycles. The third kappa shape index (κ3) is 2.82. The van der Waals surface area contributed by atoms with Gasteiger partial charge in [-0.05, 0) is 13.5 Å². The highest BCUT2D eigenvalue weighted by Gasteiger charge is 2.37. The van der Waals surface area contributed by atoms with Crippen molar-refractivity contribution in [2.45, 2.75) is 25.9 Å². The summed E-state index contributed by atoms with van der Waals surface area (Å²) in [5.41, 5.74) is 1.78. The summed E-state index contributed by atoms with van der Waals surface area (Å²) in [7, 11) is 3.75. The fourth-order valence-corrected chi connectivity index (χ4v) is 2.91. The molecule has 112 valence electrons. The Kier molecular flexibility index (Phi) is 4.67. The maximum Gasteiger partial charge on any atom is 0.310 e. The van der Waals surface area contributed by atoms with Crippen LogP contribution in [0.2, 0.25) is 5.02 Å². The number of ether oxygens (including phenoxy) is 1. The van der Waals surface area contributed by atoms with E-state index < -0.39 is 11.9 Å². The van der Waals surface area contributed by atoms with Gasteiger partial charge in [-0.1, -0.05) is 18.5 Å². The average Bonchev–Trinajstić information content (AvgIpc) is 2.98. The second kappa shape index (κ2) is 6.11. The number of likely N-dealkylation sites (N-methyl/N-ethyl adjacent to an activating group) is 1. The summed E-state index contributed by atoms with van der Waals surface area (Å²) in [5.74, 6) is -1.30. The summed E-state index contributed by atoms with van der Waals surface area (Å²) < 4.78 is 7.07. The number of hydrogen-bond donors (Lipinski definition) is 1. The Morgan fingerprint density at radius 1 is 1.60 bits per heavy atom. The second-order valence-corrected chi connectivity index (χ2v) is 5.53. The minimum Gasteiger partial charge on any atom is -0.481 e. The van der Waals surface area contributed by atoms with E-state index >= 15 is 0 Å². The lowest BCUT2D eigenvalue weighted by atomic mass is 10.0. The van der Waals surface area contributed by atoms with Crippen LogP contribution < -0.4 is 0 Å². The maximum atomic E-state index is 11.2. The highest BCUT2D eigenvalue weighted by atomic mass is 35.5. The van der Waals surface area contributed by atoms with Crippen molar-refractivity contribution in [3.8, 4) is 0 Å². The third-order valence-electron chi connectivity index (χ3n) is 3.84. The number of carboxylic acids is 1. The van der Waals surface area contributed by atoms with E-state index in [2.05, 4.69) is 5.10 Å². The molecular formula is C13H20ClN3O3. The van der Waals surface area contributed by atoms with Crippen molar-refractivity contribution in [2.24, 2.45) is 13.0 Å². The van der Waals surface area contributed by atoms with Crippen molar-refractivity contribution < 1.29 is 14.6 Å². The van der Waals surface area contributed by atoms with E-state index in [0.717, 1.165) is 17.8 Å². The summed E-state index contributed by atoms with van der Waals surface area (Å²) in [6, 6.07) is -0.136. The highest BCUT2D eigenvalue weighted by molar-refractivity contribution is 6.31. The molecule has 0 spiro atoms. The number of carbonyl (C=O) groups is 1. The van der Waals surface area contributed by atoms with Crippen molar-refractivity contribution in [2.75, 3.05) is 20.3 Å². The zero-order valence-electron chi connectivity index (χ0n) is 12.0. The molecule has 2 heterocycles. The zero-order chi connectivity index (χ0) is 14.9. The summed E-state index contributed by atoms with van der Waals surface area (Å²) >= 11 is 6.32. The normalized spacial score (nSPS) is 22.6. The van der Waals surface area contributed by atoms with Crippen LogP contribution in [0.3, 0.4) is 0 Å². The predicted octanol–water partition coefficient (Wildman–Crippen LogP) is 1.17. The number of nitrogens with zero attached hydrogens (tertiary/aromatic N) is 3. The van der Waals surface area contributed by atoms with Crippen LogP contribution >= 0.6 is 11.6 Å². The van der Waals surface area contributed by atoms with Crippen molar-refractivity contribution >= 4 is 17.6 Å². The minimum atomic E-state index is -0.815. The van der Waals surface area contributed by atoms with Crippen molar-refractivity contribution in [3.05, 3.63) is 16.4 Å². The Morgan fingerprint density at radius 3 is 2.85 bits per heavy atom. The topological polar surface area (TPSA) is 67.6 Å². The van der Waals surface area contributed by atoms with Gasteiger partial charge in [0.15, 0.2) is 0 Å². The van der Waals surface area contributed by atoms with E-state index in [4.69, 9.17) is 16.3 Å². The maximum absolute atomic E-state index is 11.2. The summed E-state index contributed by atoms with van der Waals surface area (Å²) in [6.07, 6.45) is 0.778. The van der Waals surface area contributed by atoms with Gasteiger partial charge in [-0.3, -0.25) is 14.4 Å². The molecule has 2 rings (SSSR count). The molecule has 7 heteroatoms. The lowest BCUT2D eigenvalue weighted by molar-refractivity contribution is -0.143. The first-order valence-corrected chi connectivity index (χ1v) is 7.04. The first-order chi connectivity index (χ1) is 9.45. The summed E-state index contributed by atoms with van der Waals surface area (Å²) in [6.45, 7) is 3.26. The Labute approximate surface area is 123 Å². The van der Waals surface area contributed by atoms with E-state index in [1.54, 1.807) is 4.68 Å². The molecule has 1 N–H and O–H groups in total. The molecule has 0 saturated carbocycles. The van der Waals surface area contributed by atoms with Crippen LogP contribution in [0, 0.1) is 5.92 Å².